The van der Waals surface area contributed by atoms with E-state index < -0.39 is 5.60 Å². The van der Waals surface area contributed by atoms with Crippen molar-refractivity contribution in [1.29, 1.82) is 0 Å². The highest BCUT2D eigenvalue weighted by atomic mass is 32.2. The molecule has 82 valence electrons. The summed E-state index contributed by atoms with van der Waals surface area (Å²) < 4.78 is 10.4. The third-order valence-corrected chi connectivity index (χ3v) is 2.83. The summed E-state index contributed by atoms with van der Waals surface area (Å²) in [7, 11) is 1.60. The average molecular weight is 219 g/mol. The topological polar surface area (TPSA) is 38.8 Å². The molecule has 1 rings (SSSR count). The van der Waals surface area contributed by atoms with Gasteiger partial charge in [0.05, 0.1) is 0 Å². The van der Waals surface area contributed by atoms with Crippen molar-refractivity contribution in [3.05, 3.63) is 0 Å². The van der Waals surface area contributed by atoms with Gasteiger partial charge in [0, 0.05) is 19.4 Å². The van der Waals surface area contributed by atoms with E-state index in [0.29, 0.717) is 6.54 Å². The van der Waals surface area contributed by atoms with Gasteiger partial charge in [-0.15, -0.1) is 11.8 Å². The monoisotopic (exact) mass is 219 g/mol. The summed E-state index contributed by atoms with van der Waals surface area (Å²) in [5, 5.41) is 0. The molecule has 0 aromatic heterocycles. The van der Waals surface area contributed by atoms with Crippen LogP contribution < -0.4 is 0 Å². The fourth-order valence-corrected chi connectivity index (χ4v) is 2.15. The molecule has 0 spiro atoms. The second-order valence-electron chi connectivity index (χ2n) is 4.09. The molecule has 5 heteroatoms. The van der Waals surface area contributed by atoms with Crippen LogP contribution >= 0.6 is 11.8 Å². The van der Waals surface area contributed by atoms with Gasteiger partial charge < -0.3 is 9.47 Å². The molecule has 0 bridgehead atoms. The van der Waals surface area contributed by atoms with Crippen LogP contribution in [-0.4, -0.2) is 41.6 Å². The number of rotatable bonds is 1. The zero-order valence-electron chi connectivity index (χ0n) is 9.07. The molecule has 1 fully saturated rings. The lowest BCUT2D eigenvalue weighted by atomic mass is 10.2. The predicted molar refractivity (Wildman–Crippen MR) is 56.2 cm³/mol. The first-order valence-electron chi connectivity index (χ1n) is 4.58. The molecule has 0 aromatic carbocycles. The van der Waals surface area contributed by atoms with E-state index in [0.717, 1.165) is 5.75 Å². The molecule has 1 aliphatic heterocycles. The van der Waals surface area contributed by atoms with Gasteiger partial charge in [-0.2, -0.15) is 0 Å². The smallest absolute Gasteiger partial charge is 0.413 e. The minimum Gasteiger partial charge on any atom is -0.444 e. The van der Waals surface area contributed by atoms with Crippen molar-refractivity contribution >= 4 is 17.9 Å². The molecular weight excluding hydrogens is 202 g/mol. The highest BCUT2D eigenvalue weighted by Gasteiger charge is 2.32. The van der Waals surface area contributed by atoms with Gasteiger partial charge in [-0.05, 0) is 20.8 Å². The van der Waals surface area contributed by atoms with Crippen molar-refractivity contribution in [2.45, 2.75) is 31.9 Å². The van der Waals surface area contributed by atoms with E-state index in [4.69, 9.17) is 9.47 Å². The zero-order valence-corrected chi connectivity index (χ0v) is 9.89. The molecule has 1 saturated heterocycles. The van der Waals surface area contributed by atoms with Crippen LogP contribution in [0.5, 0.6) is 0 Å². The van der Waals surface area contributed by atoms with Gasteiger partial charge in [-0.3, -0.25) is 4.90 Å². The molecule has 1 amide bonds. The van der Waals surface area contributed by atoms with Crippen molar-refractivity contribution in [3.63, 3.8) is 0 Å². The average Bonchev–Trinajstić information content (AvgIpc) is 2.47. The number of hydrogen-bond acceptors (Lipinski definition) is 4. The lowest BCUT2D eigenvalue weighted by molar-refractivity contribution is -0.00784. The summed E-state index contributed by atoms with van der Waals surface area (Å²) in [5.41, 5.74) is -0.632. The summed E-state index contributed by atoms with van der Waals surface area (Å²) >= 11 is 1.61. The second kappa shape index (κ2) is 4.40. The predicted octanol–water partition coefficient (Wildman–Crippen LogP) is 1.90. The zero-order chi connectivity index (χ0) is 10.8. The number of carbonyl (C=O) groups excluding carboxylic acids is 1. The van der Waals surface area contributed by atoms with Crippen LogP contribution in [0.3, 0.4) is 0 Å². The number of methoxy groups -OCH3 is 1. The molecule has 0 radical (unpaired) electrons. The van der Waals surface area contributed by atoms with Gasteiger partial charge in [0.15, 0.2) is 5.56 Å². The number of carbonyl (C=O) groups is 1. The molecule has 4 nitrogen and oxygen atoms in total. The van der Waals surface area contributed by atoms with Crippen molar-refractivity contribution in [2.75, 3.05) is 19.4 Å². The first-order valence-corrected chi connectivity index (χ1v) is 5.63. The minimum atomic E-state index is -0.442. The Morgan fingerprint density at radius 1 is 1.50 bits per heavy atom. The first kappa shape index (κ1) is 11.7. The summed E-state index contributed by atoms with van der Waals surface area (Å²) in [6.45, 7) is 6.26. The van der Waals surface area contributed by atoms with Crippen molar-refractivity contribution < 1.29 is 14.3 Å². The van der Waals surface area contributed by atoms with Crippen LogP contribution in [0.2, 0.25) is 0 Å². The lowest BCUT2D eigenvalue weighted by Gasteiger charge is -2.26. The number of amides is 1. The van der Waals surface area contributed by atoms with E-state index in [1.807, 2.05) is 20.8 Å². The van der Waals surface area contributed by atoms with E-state index in [1.54, 1.807) is 23.8 Å². The maximum atomic E-state index is 11.6. The van der Waals surface area contributed by atoms with Crippen LogP contribution in [0.1, 0.15) is 20.8 Å². The quantitative estimate of drug-likeness (QED) is 0.675. The Balaban J connectivity index is 2.52. The Morgan fingerprint density at radius 3 is 2.64 bits per heavy atom. The number of nitrogens with zero attached hydrogens (tertiary/aromatic N) is 1. The van der Waals surface area contributed by atoms with E-state index in [1.165, 1.54) is 0 Å². The first-order chi connectivity index (χ1) is 6.44. The second-order valence-corrected chi connectivity index (χ2v) is 5.23. The Bertz CT molecular complexity index is 215. The van der Waals surface area contributed by atoms with E-state index >= 15 is 0 Å². The molecule has 0 N–H and O–H groups in total. The summed E-state index contributed by atoms with van der Waals surface area (Å²) in [4.78, 5) is 13.2. The van der Waals surface area contributed by atoms with Crippen LogP contribution in [0.25, 0.3) is 0 Å². The van der Waals surface area contributed by atoms with Crippen LogP contribution in [0.4, 0.5) is 4.79 Å². The molecule has 1 heterocycles. The van der Waals surface area contributed by atoms with Crippen LogP contribution in [0.15, 0.2) is 0 Å². The van der Waals surface area contributed by atoms with Gasteiger partial charge in [0.2, 0.25) is 0 Å². The summed E-state index contributed by atoms with van der Waals surface area (Å²) in [6.07, 6.45) is -0.297. The lowest BCUT2D eigenvalue weighted by Crippen LogP contribution is -2.39. The number of hydrogen-bond donors (Lipinski definition) is 0. The van der Waals surface area contributed by atoms with Crippen molar-refractivity contribution in [3.8, 4) is 0 Å². The molecule has 1 unspecified atom stereocenters. The third kappa shape index (κ3) is 3.06. The summed E-state index contributed by atoms with van der Waals surface area (Å²) in [5.74, 6) is 0.901. The third-order valence-electron chi connectivity index (χ3n) is 1.68. The van der Waals surface area contributed by atoms with Crippen LogP contribution in [-0.2, 0) is 9.47 Å². The largest absolute Gasteiger partial charge is 0.444 e. The Hall–Kier alpha value is -0.420. The fourth-order valence-electron chi connectivity index (χ4n) is 1.14. The minimum absolute atomic E-state index is 0.190. The molecule has 0 saturated carbocycles. The Labute approximate surface area is 88.9 Å². The van der Waals surface area contributed by atoms with Crippen molar-refractivity contribution in [1.82, 2.24) is 4.90 Å². The number of ether oxygens (including phenoxy) is 2. The maximum Gasteiger partial charge on any atom is 0.413 e. The van der Waals surface area contributed by atoms with Crippen molar-refractivity contribution in [2.24, 2.45) is 0 Å². The fraction of sp³-hybridized carbons (Fsp3) is 0.889. The SMILES string of the molecule is COC1SCCN1C(=O)OC(C)(C)C. The standard InChI is InChI=1S/C9H17NO3S/c1-9(2,3)13-7(11)10-5-6-14-8(10)12-4/h8H,5-6H2,1-4H3. The van der Waals surface area contributed by atoms with E-state index in [-0.39, 0.29) is 11.7 Å². The number of thioether (sulfide) groups is 1. The van der Waals surface area contributed by atoms with Crippen LogP contribution in [0, 0.1) is 0 Å². The highest BCUT2D eigenvalue weighted by Crippen LogP contribution is 2.25. The van der Waals surface area contributed by atoms with E-state index in [9.17, 15) is 4.79 Å². The molecule has 14 heavy (non-hydrogen) atoms. The van der Waals surface area contributed by atoms with Gasteiger partial charge in [-0.1, -0.05) is 0 Å². The van der Waals surface area contributed by atoms with Gasteiger partial charge in [-0.25, -0.2) is 4.79 Å². The molecule has 1 aliphatic rings. The molecule has 0 aliphatic carbocycles. The normalized spacial score (nSPS) is 22.6. The van der Waals surface area contributed by atoms with Gasteiger partial charge in [0.1, 0.15) is 5.60 Å². The Kier molecular flexibility index (Phi) is 3.66. The molecule has 0 aromatic rings. The Morgan fingerprint density at radius 2 is 2.14 bits per heavy atom. The maximum absolute atomic E-state index is 11.6. The van der Waals surface area contributed by atoms with E-state index in [2.05, 4.69) is 0 Å². The summed E-state index contributed by atoms with van der Waals surface area (Å²) in [6, 6.07) is 0. The molecule has 1 atom stereocenters. The molecular formula is C9H17NO3S. The van der Waals surface area contributed by atoms with Gasteiger partial charge >= 0.3 is 6.09 Å². The highest BCUT2D eigenvalue weighted by molar-refractivity contribution is 8.00. The van der Waals surface area contributed by atoms with Gasteiger partial charge in [0.25, 0.3) is 0 Å².